The molecule has 3 aromatic rings. The van der Waals surface area contributed by atoms with E-state index in [2.05, 4.69) is 94.8 Å². The first-order valence-electron chi connectivity index (χ1n) is 11.4. The van der Waals surface area contributed by atoms with Crippen LogP contribution in [0.5, 0.6) is 5.75 Å². The van der Waals surface area contributed by atoms with Crippen molar-refractivity contribution in [2.45, 2.75) is 92.0 Å². The Kier molecular flexibility index (Phi) is 6.71. The van der Waals surface area contributed by atoms with E-state index in [9.17, 15) is 0 Å². The van der Waals surface area contributed by atoms with Gasteiger partial charge in [0.25, 0.3) is 0 Å². The number of rotatable bonds is 5. The quantitative estimate of drug-likeness (QED) is 0.446. The molecule has 2 aromatic heterocycles. The van der Waals surface area contributed by atoms with Crippen LogP contribution in [0, 0.1) is 27.7 Å². The van der Waals surface area contributed by atoms with E-state index in [-0.39, 0.29) is 32.5 Å². The molecule has 5 nitrogen and oxygen atoms in total. The third-order valence-electron chi connectivity index (χ3n) is 5.86. The summed E-state index contributed by atoms with van der Waals surface area (Å²) < 4.78 is 10.7. The van der Waals surface area contributed by atoms with Gasteiger partial charge in [-0.1, -0.05) is 0 Å². The van der Waals surface area contributed by atoms with E-state index >= 15 is 0 Å². The molecule has 0 radical (unpaired) electrons. The van der Waals surface area contributed by atoms with Crippen LogP contribution in [-0.2, 0) is 10.8 Å². The van der Waals surface area contributed by atoms with Gasteiger partial charge in [0, 0.05) is 0 Å². The molecule has 0 fully saturated rings. The van der Waals surface area contributed by atoms with Crippen LogP contribution in [0.1, 0.15) is 87.2 Å². The van der Waals surface area contributed by atoms with Gasteiger partial charge in [0.15, 0.2) is 0 Å². The van der Waals surface area contributed by atoms with Crippen LogP contribution in [0.3, 0.4) is 0 Å². The average Bonchev–Trinajstić information content (AvgIpc) is 3.15. The monoisotopic (exact) mass is 449 g/mol. The first-order valence-corrected chi connectivity index (χ1v) is 13.1. The molecule has 0 N–H and O–H groups in total. The summed E-state index contributed by atoms with van der Waals surface area (Å²) in [6.07, 6.45) is -0.221. The Morgan fingerprint density at radius 3 is 1.62 bits per heavy atom. The molecule has 3 rings (SSSR count). The number of aryl methyl sites for hydroxylation is 4. The molecular formula is C26H38AlN4O+. The van der Waals surface area contributed by atoms with E-state index in [0.29, 0.717) is 0 Å². The first kappa shape index (κ1) is 24.6. The maximum atomic E-state index is 6.48. The van der Waals surface area contributed by atoms with E-state index in [0.717, 1.165) is 34.1 Å². The Bertz CT molecular complexity index is 1070. The summed E-state index contributed by atoms with van der Waals surface area (Å²) in [5.74, 6) is 3.11. The van der Waals surface area contributed by atoms with Crippen LogP contribution in [-0.4, -0.2) is 35.1 Å². The molecule has 0 bridgehead atoms. The predicted molar refractivity (Wildman–Crippen MR) is 133 cm³/mol. The van der Waals surface area contributed by atoms with Gasteiger partial charge in [-0.3, -0.25) is 0 Å². The first-order chi connectivity index (χ1) is 14.7. The maximum absolute atomic E-state index is 6.48. The molecule has 0 amide bonds. The Morgan fingerprint density at radius 2 is 1.28 bits per heavy atom. The number of hydrogen-bond acceptors (Lipinski definition) is 3. The molecule has 1 aromatic carbocycles. The fourth-order valence-electron chi connectivity index (χ4n) is 4.24. The zero-order valence-electron chi connectivity index (χ0n) is 21.7. The number of benzene rings is 1. The SMILES string of the molecule is [CH3][Al+][O]c1c(C(n2nc(C)cc2C)n2nc(C)cc2C)cc(C(C)(C)C)cc1C(C)(C)C. The van der Waals surface area contributed by atoms with Crippen molar-refractivity contribution in [3.63, 3.8) is 0 Å². The fourth-order valence-corrected chi connectivity index (χ4v) is 4.74. The Hall–Kier alpha value is -2.03. The van der Waals surface area contributed by atoms with Crippen molar-refractivity contribution in [3.8, 4) is 5.75 Å². The zero-order valence-corrected chi connectivity index (χ0v) is 22.8. The fraction of sp³-hybridized carbons (Fsp3) is 0.538. The van der Waals surface area contributed by atoms with E-state index in [4.69, 9.17) is 14.0 Å². The van der Waals surface area contributed by atoms with Crippen LogP contribution in [0.25, 0.3) is 0 Å². The molecule has 0 spiro atoms. The molecule has 170 valence electrons. The summed E-state index contributed by atoms with van der Waals surface area (Å²) >= 11 is -0.174. The van der Waals surface area contributed by atoms with E-state index in [1.807, 2.05) is 13.8 Å². The minimum atomic E-state index is -0.221. The second-order valence-corrected chi connectivity index (χ2v) is 11.6. The Morgan fingerprint density at radius 1 is 0.781 bits per heavy atom. The van der Waals surface area contributed by atoms with Crippen LogP contribution >= 0.6 is 0 Å². The third kappa shape index (κ3) is 4.82. The van der Waals surface area contributed by atoms with Gasteiger partial charge < -0.3 is 0 Å². The van der Waals surface area contributed by atoms with Gasteiger partial charge in [-0.15, -0.1) is 0 Å². The standard InChI is InChI=1S/C25H36N4O.CH3.Al/c1-15-11-17(3)28(26-15)23(29-18(4)12-16(2)27-29)20-13-19(24(5,6)7)14-21(22(20)30)25(8,9)10;;/h11-14,23,30H,1-10H3;1H3;/q;;+2/p-1. The van der Waals surface area contributed by atoms with Crippen molar-refractivity contribution < 1.29 is 3.79 Å². The van der Waals surface area contributed by atoms with Gasteiger partial charge in [-0.2, -0.15) is 0 Å². The number of nitrogens with zero attached hydrogens (tertiary/aromatic N) is 4. The van der Waals surface area contributed by atoms with Crippen LogP contribution in [0.15, 0.2) is 24.3 Å². The predicted octanol–water partition coefficient (Wildman–Crippen LogP) is 6.05. The second kappa shape index (κ2) is 8.73. The summed E-state index contributed by atoms with van der Waals surface area (Å²) in [6, 6.07) is 8.91. The molecule has 0 aliphatic carbocycles. The van der Waals surface area contributed by atoms with Crippen molar-refractivity contribution >= 4 is 15.6 Å². The van der Waals surface area contributed by atoms with E-state index in [1.54, 1.807) is 0 Å². The zero-order chi connectivity index (χ0) is 24.0. The van der Waals surface area contributed by atoms with Crippen molar-refractivity contribution in [1.29, 1.82) is 0 Å². The van der Waals surface area contributed by atoms with E-state index in [1.165, 1.54) is 11.1 Å². The van der Waals surface area contributed by atoms with Crippen molar-refractivity contribution in [1.82, 2.24) is 19.6 Å². The average molecular weight is 450 g/mol. The minimum absolute atomic E-state index is 0.00105. The molecule has 32 heavy (non-hydrogen) atoms. The van der Waals surface area contributed by atoms with Crippen molar-refractivity contribution in [3.05, 3.63) is 63.7 Å². The molecule has 0 aliphatic heterocycles. The molecule has 0 saturated carbocycles. The van der Waals surface area contributed by atoms with Gasteiger partial charge in [-0.25, -0.2) is 0 Å². The van der Waals surface area contributed by atoms with Gasteiger partial charge in [-0.05, 0) is 0 Å². The van der Waals surface area contributed by atoms with Gasteiger partial charge in [0.05, 0.1) is 0 Å². The number of hydrogen-bond donors (Lipinski definition) is 0. The molecule has 0 atom stereocenters. The second-order valence-electron chi connectivity index (χ2n) is 10.9. The normalized spacial score (nSPS) is 12.4. The van der Waals surface area contributed by atoms with Crippen LogP contribution in [0.2, 0.25) is 5.79 Å². The molecule has 0 saturated heterocycles. The molecule has 2 heterocycles. The molecule has 6 heteroatoms. The Balaban J connectivity index is 2.47. The molecule has 0 unspecified atom stereocenters. The molecular weight excluding hydrogens is 411 g/mol. The summed E-state index contributed by atoms with van der Waals surface area (Å²) in [7, 11) is 0. The molecule has 0 aliphatic rings. The van der Waals surface area contributed by atoms with Crippen molar-refractivity contribution in [2.75, 3.05) is 0 Å². The van der Waals surface area contributed by atoms with Gasteiger partial charge in [0.2, 0.25) is 0 Å². The van der Waals surface area contributed by atoms with Crippen LogP contribution < -0.4 is 3.79 Å². The number of aromatic nitrogens is 4. The van der Waals surface area contributed by atoms with E-state index < -0.39 is 0 Å². The topological polar surface area (TPSA) is 44.9 Å². The summed E-state index contributed by atoms with van der Waals surface area (Å²) in [5.41, 5.74) is 7.80. The summed E-state index contributed by atoms with van der Waals surface area (Å²) in [6.45, 7) is 21.9. The summed E-state index contributed by atoms with van der Waals surface area (Å²) in [5, 5.41) is 9.81. The van der Waals surface area contributed by atoms with Crippen molar-refractivity contribution in [2.24, 2.45) is 0 Å². The van der Waals surface area contributed by atoms with Gasteiger partial charge in [0.1, 0.15) is 0 Å². The third-order valence-corrected chi connectivity index (χ3v) is 6.33. The Labute approximate surface area is 200 Å². The van der Waals surface area contributed by atoms with Crippen LogP contribution in [0.4, 0.5) is 0 Å². The van der Waals surface area contributed by atoms with Gasteiger partial charge >= 0.3 is 200 Å². The summed E-state index contributed by atoms with van der Waals surface area (Å²) in [4.78, 5) is 0.